The van der Waals surface area contributed by atoms with Crippen LogP contribution in [0.3, 0.4) is 0 Å². The maximum absolute atomic E-state index is 12.0. The molecule has 0 atom stereocenters. The Labute approximate surface area is 111 Å². The van der Waals surface area contributed by atoms with Crippen molar-refractivity contribution in [1.29, 1.82) is 0 Å². The Bertz CT molecular complexity index is 510. The first-order valence-corrected chi connectivity index (χ1v) is 8.33. The van der Waals surface area contributed by atoms with Crippen molar-refractivity contribution in [3.05, 3.63) is 23.9 Å². The Balaban J connectivity index is 2.05. The van der Waals surface area contributed by atoms with Gasteiger partial charge in [0.15, 0.2) is 5.03 Å². The fraction of sp³-hybridized carbons (Fsp3) is 0.545. The van der Waals surface area contributed by atoms with Crippen molar-refractivity contribution in [2.45, 2.75) is 29.2 Å². The first-order valence-electron chi connectivity index (χ1n) is 5.62. The smallest absolute Gasteiger partial charge is 0.258 e. The molecular weight excluding hydrogens is 272 g/mol. The van der Waals surface area contributed by atoms with Gasteiger partial charge in [0.05, 0.1) is 6.61 Å². The second-order valence-electron chi connectivity index (χ2n) is 4.37. The van der Waals surface area contributed by atoms with Crippen molar-refractivity contribution in [2.75, 3.05) is 12.8 Å². The zero-order chi connectivity index (χ0) is 13.2. The van der Waals surface area contributed by atoms with E-state index in [1.807, 2.05) is 6.26 Å². The van der Waals surface area contributed by atoms with Gasteiger partial charge in [-0.15, -0.1) is 0 Å². The average molecular weight is 288 g/mol. The molecule has 0 aromatic carbocycles. The van der Waals surface area contributed by atoms with Gasteiger partial charge >= 0.3 is 0 Å². The normalized spacial score (nSPS) is 17.7. The van der Waals surface area contributed by atoms with Crippen LogP contribution < -0.4 is 4.72 Å². The van der Waals surface area contributed by atoms with E-state index in [0.29, 0.717) is 12.1 Å². The van der Waals surface area contributed by atoms with Crippen molar-refractivity contribution in [3.63, 3.8) is 0 Å². The largest absolute Gasteiger partial charge is 0.392 e. The molecule has 1 aliphatic carbocycles. The number of hydrogen-bond donors (Lipinski definition) is 2. The molecule has 0 radical (unpaired) electrons. The Morgan fingerprint density at radius 1 is 1.50 bits per heavy atom. The molecule has 1 aliphatic rings. The maximum atomic E-state index is 12.0. The lowest BCUT2D eigenvalue weighted by Crippen LogP contribution is -2.32. The van der Waals surface area contributed by atoms with E-state index in [0.717, 1.165) is 12.8 Å². The van der Waals surface area contributed by atoms with E-state index in [9.17, 15) is 8.42 Å². The number of pyridine rings is 1. The quantitative estimate of drug-likeness (QED) is 0.807. The fourth-order valence-corrected chi connectivity index (χ4v) is 3.43. The van der Waals surface area contributed by atoms with Gasteiger partial charge in [-0.25, -0.2) is 18.1 Å². The third-order valence-electron chi connectivity index (χ3n) is 3.08. The van der Waals surface area contributed by atoms with Crippen LogP contribution in [-0.2, 0) is 16.6 Å². The maximum Gasteiger partial charge on any atom is 0.258 e. The summed E-state index contributed by atoms with van der Waals surface area (Å²) in [4.78, 5) is 3.85. The molecule has 2 N–H and O–H groups in total. The minimum Gasteiger partial charge on any atom is -0.392 e. The Morgan fingerprint density at radius 3 is 2.67 bits per heavy atom. The van der Waals surface area contributed by atoms with Crippen LogP contribution in [0.5, 0.6) is 0 Å². The van der Waals surface area contributed by atoms with Crippen LogP contribution in [0.4, 0.5) is 0 Å². The molecule has 1 aromatic heterocycles. The molecule has 7 heteroatoms. The molecule has 1 fully saturated rings. The first kappa shape index (κ1) is 13.8. The highest BCUT2D eigenvalue weighted by Crippen LogP contribution is 2.46. The molecule has 0 unspecified atom stereocenters. The van der Waals surface area contributed by atoms with Crippen LogP contribution in [-0.4, -0.2) is 36.1 Å². The summed E-state index contributed by atoms with van der Waals surface area (Å²) < 4.78 is 26.6. The molecule has 0 saturated heterocycles. The Morgan fingerprint density at radius 2 is 2.22 bits per heavy atom. The third kappa shape index (κ3) is 3.03. The van der Waals surface area contributed by atoms with Crippen molar-refractivity contribution in [2.24, 2.45) is 0 Å². The molecule has 100 valence electrons. The standard InChI is InChI=1S/C11H16N2O3S2/c1-17-11(4-5-11)8-13-18(15,16)10-3-2-9(7-14)6-12-10/h2-3,6,13-14H,4-5,7-8H2,1H3. The van der Waals surface area contributed by atoms with Crippen molar-refractivity contribution in [1.82, 2.24) is 9.71 Å². The zero-order valence-corrected chi connectivity index (χ0v) is 11.7. The molecule has 0 amide bonds. The Kier molecular flexibility index (Phi) is 3.96. The lowest BCUT2D eigenvalue weighted by Gasteiger charge is -2.13. The van der Waals surface area contributed by atoms with Crippen LogP contribution in [0.2, 0.25) is 0 Å². The summed E-state index contributed by atoms with van der Waals surface area (Å²) >= 11 is 1.70. The lowest BCUT2D eigenvalue weighted by atomic mass is 10.3. The summed E-state index contributed by atoms with van der Waals surface area (Å²) in [6, 6.07) is 2.97. The topological polar surface area (TPSA) is 79.3 Å². The second-order valence-corrected chi connectivity index (χ2v) is 7.36. The third-order valence-corrected chi connectivity index (χ3v) is 5.82. The molecular formula is C11H16N2O3S2. The van der Waals surface area contributed by atoms with Gasteiger partial charge in [0.1, 0.15) is 0 Å². The van der Waals surface area contributed by atoms with E-state index in [2.05, 4.69) is 9.71 Å². The number of rotatable bonds is 6. The minimum atomic E-state index is -3.54. The number of nitrogens with zero attached hydrogens (tertiary/aromatic N) is 1. The van der Waals surface area contributed by atoms with E-state index >= 15 is 0 Å². The second kappa shape index (κ2) is 5.16. The van der Waals surface area contributed by atoms with Gasteiger partial charge in [-0.2, -0.15) is 11.8 Å². The van der Waals surface area contributed by atoms with Gasteiger partial charge in [0.2, 0.25) is 0 Å². The van der Waals surface area contributed by atoms with E-state index < -0.39 is 10.0 Å². The van der Waals surface area contributed by atoms with Crippen molar-refractivity contribution in [3.8, 4) is 0 Å². The molecule has 18 heavy (non-hydrogen) atoms. The van der Waals surface area contributed by atoms with Gasteiger partial charge in [-0.3, -0.25) is 0 Å². The summed E-state index contributed by atoms with van der Waals surface area (Å²) in [7, 11) is -3.54. The van der Waals surface area contributed by atoms with Gasteiger partial charge < -0.3 is 5.11 Å². The van der Waals surface area contributed by atoms with E-state index in [-0.39, 0.29) is 16.4 Å². The Hall–Kier alpha value is -0.630. The van der Waals surface area contributed by atoms with Crippen LogP contribution in [0, 0.1) is 0 Å². The summed E-state index contributed by atoms with van der Waals surface area (Å²) in [6.07, 6.45) is 5.47. The van der Waals surface area contributed by atoms with Crippen molar-refractivity contribution >= 4 is 21.8 Å². The van der Waals surface area contributed by atoms with E-state index in [4.69, 9.17) is 5.11 Å². The number of hydrogen-bond acceptors (Lipinski definition) is 5. The average Bonchev–Trinajstić information content (AvgIpc) is 3.17. The molecule has 0 bridgehead atoms. The molecule has 5 nitrogen and oxygen atoms in total. The first-order chi connectivity index (χ1) is 8.51. The monoisotopic (exact) mass is 288 g/mol. The molecule has 0 spiro atoms. The number of aliphatic hydroxyl groups is 1. The number of aromatic nitrogens is 1. The summed E-state index contributed by atoms with van der Waals surface area (Å²) in [5, 5.41) is 8.87. The molecule has 1 saturated carbocycles. The highest BCUT2D eigenvalue weighted by atomic mass is 32.2. The van der Waals surface area contributed by atoms with Crippen molar-refractivity contribution < 1.29 is 13.5 Å². The van der Waals surface area contributed by atoms with Crippen LogP contribution in [0.1, 0.15) is 18.4 Å². The predicted octanol–water partition coefficient (Wildman–Crippen LogP) is 0.748. The molecule has 0 aliphatic heterocycles. The van der Waals surface area contributed by atoms with Crippen LogP contribution in [0.15, 0.2) is 23.4 Å². The van der Waals surface area contributed by atoms with Crippen LogP contribution in [0.25, 0.3) is 0 Å². The molecule has 1 heterocycles. The van der Waals surface area contributed by atoms with Gasteiger partial charge in [0, 0.05) is 17.5 Å². The lowest BCUT2D eigenvalue weighted by molar-refractivity contribution is 0.281. The molecule has 1 aromatic rings. The molecule has 2 rings (SSSR count). The predicted molar refractivity (Wildman–Crippen MR) is 70.8 cm³/mol. The van der Waals surface area contributed by atoms with E-state index in [1.165, 1.54) is 12.3 Å². The number of aliphatic hydroxyl groups excluding tert-OH is 1. The fourth-order valence-electron chi connectivity index (χ4n) is 1.56. The number of nitrogens with one attached hydrogen (secondary N) is 1. The summed E-state index contributed by atoms with van der Waals surface area (Å²) in [5.74, 6) is 0. The minimum absolute atomic E-state index is 0.00315. The summed E-state index contributed by atoms with van der Waals surface area (Å²) in [5.41, 5.74) is 0.594. The van der Waals surface area contributed by atoms with Crippen LogP contribution >= 0.6 is 11.8 Å². The summed E-state index contributed by atoms with van der Waals surface area (Å²) in [6.45, 7) is 0.302. The highest BCUT2D eigenvalue weighted by Gasteiger charge is 2.42. The SMILES string of the molecule is CSC1(CNS(=O)(=O)c2ccc(CO)cn2)CC1. The van der Waals surface area contributed by atoms with Gasteiger partial charge in [-0.05, 0) is 30.7 Å². The van der Waals surface area contributed by atoms with E-state index in [1.54, 1.807) is 17.8 Å². The highest BCUT2D eigenvalue weighted by molar-refractivity contribution is 8.00. The number of sulfonamides is 1. The van der Waals surface area contributed by atoms with Gasteiger partial charge in [0.25, 0.3) is 10.0 Å². The van der Waals surface area contributed by atoms with Gasteiger partial charge in [-0.1, -0.05) is 6.07 Å². The number of thioether (sulfide) groups is 1. The zero-order valence-electron chi connectivity index (χ0n) is 10.1.